The van der Waals surface area contributed by atoms with Crippen molar-refractivity contribution in [2.45, 2.75) is 70.9 Å². The second-order valence-electron chi connectivity index (χ2n) is 9.39. The van der Waals surface area contributed by atoms with Gasteiger partial charge in [0.25, 0.3) is 5.91 Å². The summed E-state index contributed by atoms with van der Waals surface area (Å²) in [6, 6.07) is 12.9. The maximum Gasteiger partial charge on any atom is 0.335 e. The minimum atomic E-state index is -1.40. The minimum absolute atomic E-state index is 0.0528. The van der Waals surface area contributed by atoms with E-state index in [-0.39, 0.29) is 18.7 Å². The monoisotopic (exact) mass is 542 g/mol. The first kappa shape index (κ1) is 29.1. The number of aliphatic hydroxyl groups excluding tert-OH is 1. The van der Waals surface area contributed by atoms with Crippen LogP contribution in [0.1, 0.15) is 67.1 Å². The van der Waals surface area contributed by atoms with E-state index in [9.17, 15) is 19.9 Å². The first-order valence-electron chi connectivity index (χ1n) is 12.9. The van der Waals surface area contributed by atoms with Gasteiger partial charge in [-0.25, -0.2) is 4.79 Å². The molecule has 2 atom stereocenters. The van der Waals surface area contributed by atoms with Crippen LogP contribution in [0, 0.1) is 6.92 Å². The van der Waals surface area contributed by atoms with Crippen LogP contribution in [0.5, 0.6) is 0 Å². The molecule has 0 fully saturated rings. The number of unbranched alkanes of at least 4 members (excludes halogenated alkanes) is 4. The van der Waals surface area contributed by atoms with E-state index in [0.717, 1.165) is 60.6 Å². The highest BCUT2D eigenvalue weighted by Crippen LogP contribution is 2.27. The van der Waals surface area contributed by atoms with Crippen LogP contribution in [-0.4, -0.2) is 56.1 Å². The Hall–Kier alpha value is -3.43. The summed E-state index contributed by atoms with van der Waals surface area (Å²) in [5.74, 6) is -1.30. The first-order chi connectivity index (χ1) is 18.3. The van der Waals surface area contributed by atoms with E-state index in [4.69, 9.17) is 16.3 Å². The molecule has 9 nitrogen and oxygen atoms in total. The van der Waals surface area contributed by atoms with Crippen molar-refractivity contribution in [2.24, 2.45) is 0 Å². The van der Waals surface area contributed by atoms with Gasteiger partial charge in [0.2, 0.25) is 0 Å². The zero-order valence-electron chi connectivity index (χ0n) is 21.8. The van der Waals surface area contributed by atoms with Crippen LogP contribution < -0.4 is 5.32 Å². The predicted octanol–water partition coefficient (Wildman–Crippen LogP) is 4.75. The molecule has 0 aliphatic carbocycles. The lowest BCUT2D eigenvalue weighted by molar-refractivity contribution is -0.154. The number of carbonyl (C=O) groups excluding carboxylic acids is 2. The largest absolute Gasteiger partial charge is 0.464 e. The number of nitrogens with zero attached hydrogens (tertiary/aromatic N) is 3. The lowest BCUT2D eigenvalue weighted by Crippen LogP contribution is -2.41. The molecule has 0 spiro atoms. The molecule has 1 heterocycles. The van der Waals surface area contributed by atoms with Gasteiger partial charge in [-0.3, -0.25) is 4.79 Å². The average molecular weight is 543 g/mol. The molecular weight excluding hydrogens is 508 g/mol. The van der Waals surface area contributed by atoms with Crippen molar-refractivity contribution < 1.29 is 24.6 Å². The van der Waals surface area contributed by atoms with E-state index in [1.165, 1.54) is 0 Å². The summed E-state index contributed by atoms with van der Waals surface area (Å²) < 4.78 is 5.24. The molecular formula is C28H35ClN4O5. The number of hydrogen-bond acceptors (Lipinski definition) is 7. The Morgan fingerprint density at radius 3 is 2.53 bits per heavy atom. The van der Waals surface area contributed by atoms with Crippen LogP contribution >= 0.6 is 11.6 Å². The lowest BCUT2D eigenvalue weighted by Gasteiger charge is -2.21. The summed E-state index contributed by atoms with van der Waals surface area (Å²) >= 11 is 6.17. The first-order valence-corrected chi connectivity index (χ1v) is 13.3. The highest BCUT2D eigenvalue weighted by atomic mass is 35.5. The number of ether oxygens (including phenoxy) is 1. The van der Waals surface area contributed by atoms with Crippen molar-refractivity contribution >= 4 is 23.5 Å². The zero-order chi connectivity index (χ0) is 27.5. The van der Waals surface area contributed by atoms with Crippen molar-refractivity contribution in [3.63, 3.8) is 0 Å². The SMILES string of the molecule is CCCCCCCOC(=O)[C@H](O)C[C@@H](Cc1ccc(-c2cc(Cl)ccc2C)cc1)NC(=O)c1cn(O)nn1. The summed E-state index contributed by atoms with van der Waals surface area (Å²) in [6.45, 7) is 4.39. The second kappa shape index (κ2) is 14.5. The lowest BCUT2D eigenvalue weighted by atomic mass is 9.96. The number of halogens is 1. The molecule has 0 saturated carbocycles. The molecule has 0 saturated heterocycles. The molecule has 0 radical (unpaired) electrons. The molecule has 10 heteroatoms. The summed E-state index contributed by atoms with van der Waals surface area (Å²) in [6.07, 6.45) is 5.01. The van der Waals surface area contributed by atoms with Gasteiger partial charge in [-0.05, 0) is 59.4 Å². The summed E-state index contributed by atoms with van der Waals surface area (Å²) in [5, 5.41) is 30.3. The van der Waals surface area contributed by atoms with E-state index in [2.05, 4.69) is 22.6 Å². The molecule has 3 aromatic rings. The fourth-order valence-corrected chi connectivity index (χ4v) is 4.33. The molecule has 0 aliphatic heterocycles. The summed E-state index contributed by atoms with van der Waals surface area (Å²) in [4.78, 5) is 25.5. The molecule has 3 rings (SSSR count). The van der Waals surface area contributed by atoms with Gasteiger partial charge in [0.05, 0.1) is 12.8 Å². The highest BCUT2D eigenvalue weighted by Gasteiger charge is 2.25. The van der Waals surface area contributed by atoms with Crippen molar-refractivity contribution in [1.29, 1.82) is 0 Å². The number of carbonyl (C=O) groups is 2. The smallest absolute Gasteiger partial charge is 0.335 e. The Labute approximate surface area is 227 Å². The predicted molar refractivity (Wildman–Crippen MR) is 144 cm³/mol. The zero-order valence-corrected chi connectivity index (χ0v) is 22.5. The van der Waals surface area contributed by atoms with E-state index in [1.54, 1.807) is 0 Å². The van der Waals surface area contributed by atoms with Crippen molar-refractivity contribution in [3.05, 3.63) is 70.5 Å². The van der Waals surface area contributed by atoms with Gasteiger partial charge in [0.15, 0.2) is 11.8 Å². The van der Waals surface area contributed by atoms with Crippen molar-refractivity contribution in [3.8, 4) is 11.1 Å². The summed E-state index contributed by atoms with van der Waals surface area (Å²) in [5.41, 5.74) is 3.91. The van der Waals surface area contributed by atoms with Crippen molar-refractivity contribution in [2.75, 3.05) is 6.61 Å². The molecule has 0 aliphatic rings. The van der Waals surface area contributed by atoms with Crippen LogP contribution in [0.25, 0.3) is 11.1 Å². The van der Waals surface area contributed by atoms with E-state index < -0.39 is 24.0 Å². The number of benzene rings is 2. The normalized spacial score (nSPS) is 12.6. The quantitative estimate of drug-likeness (QED) is 0.152. The third-order valence-electron chi connectivity index (χ3n) is 6.27. The third kappa shape index (κ3) is 8.85. The molecule has 2 aromatic carbocycles. The van der Waals surface area contributed by atoms with Gasteiger partial charge in [-0.1, -0.05) is 79.4 Å². The number of aliphatic hydroxyl groups is 1. The van der Waals surface area contributed by atoms with Gasteiger partial charge >= 0.3 is 5.97 Å². The van der Waals surface area contributed by atoms with Gasteiger partial charge in [-0.2, -0.15) is 0 Å². The van der Waals surface area contributed by atoms with Gasteiger partial charge in [0, 0.05) is 17.5 Å². The molecule has 1 amide bonds. The molecule has 3 N–H and O–H groups in total. The number of aromatic nitrogens is 3. The third-order valence-corrected chi connectivity index (χ3v) is 6.50. The topological polar surface area (TPSA) is 127 Å². The van der Waals surface area contributed by atoms with Crippen LogP contribution in [0.3, 0.4) is 0 Å². The Bertz CT molecular complexity index is 1200. The molecule has 0 unspecified atom stereocenters. The second-order valence-corrected chi connectivity index (χ2v) is 9.82. The Kier molecular flexibility index (Phi) is 11.1. The maximum absolute atomic E-state index is 12.7. The van der Waals surface area contributed by atoms with Crippen LogP contribution in [0.15, 0.2) is 48.7 Å². The number of rotatable bonds is 14. The van der Waals surface area contributed by atoms with E-state index in [0.29, 0.717) is 16.3 Å². The Morgan fingerprint density at radius 1 is 1.11 bits per heavy atom. The fraction of sp³-hybridized carbons (Fsp3) is 0.429. The minimum Gasteiger partial charge on any atom is -0.464 e. The van der Waals surface area contributed by atoms with E-state index >= 15 is 0 Å². The van der Waals surface area contributed by atoms with E-state index in [1.807, 2.05) is 49.4 Å². The van der Waals surface area contributed by atoms with Crippen molar-refractivity contribution in [1.82, 2.24) is 20.5 Å². The number of amides is 1. The number of esters is 1. The molecule has 0 bridgehead atoms. The van der Waals surface area contributed by atoms with Crippen LogP contribution in [0.2, 0.25) is 5.02 Å². The Morgan fingerprint density at radius 2 is 1.84 bits per heavy atom. The van der Waals surface area contributed by atoms with Gasteiger partial charge in [-0.15, -0.1) is 5.10 Å². The molecule has 1 aromatic heterocycles. The standard InChI is InChI=1S/C28H35ClN4O5/c1-3-4-5-6-7-14-38-28(36)26(34)17-23(30-27(35)25-18-33(37)32-31-25)15-20-9-11-21(12-10-20)24-16-22(29)13-8-19(24)2/h8-13,16,18,23,26,34,37H,3-7,14-15,17H2,1-2H3,(H,30,35)/t23-,26-/m1/s1. The fourth-order valence-electron chi connectivity index (χ4n) is 4.16. The Balaban J connectivity index is 1.66. The number of hydrogen-bond donors (Lipinski definition) is 3. The number of nitrogens with one attached hydrogen (secondary N) is 1. The van der Waals surface area contributed by atoms with Crippen LogP contribution in [0.4, 0.5) is 0 Å². The van der Waals surface area contributed by atoms with Crippen LogP contribution in [-0.2, 0) is 16.0 Å². The highest BCUT2D eigenvalue weighted by molar-refractivity contribution is 6.30. The molecule has 204 valence electrons. The van der Waals surface area contributed by atoms with Gasteiger partial charge in [0.1, 0.15) is 0 Å². The van der Waals surface area contributed by atoms with Gasteiger partial charge < -0.3 is 20.4 Å². The average Bonchev–Trinajstić information content (AvgIpc) is 3.34. The maximum atomic E-state index is 12.7. The molecule has 38 heavy (non-hydrogen) atoms. The summed E-state index contributed by atoms with van der Waals surface area (Å²) in [7, 11) is 0. The number of aryl methyl sites for hydroxylation is 1.